The quantitative estimate of drug-likeness (QED) is 0.387. The van der Waals surface area contributed by atoms with Crippen LogP contribution in [0.1, 0.15) is 38.2 Å². The Labute approximate surface area is 229 Å². The Morgan fingerprint density at radius 2 is 1.68 bits per heavy atom. The number of fused-ring (bicyclic) bond motifs is 1. The third kappa shape index (κ3) is 5.36. The van der Waals surface area contributed by atoms with Gasteiger partial charge in [-0.25, -0.2) is 0 Å². The maximum absolute atomic E-state index is 12.7. The normalized spacial score (nSPS) is 20.0. The van der Waals surface area contributed by atoms with Crippen molar-refractivity contribution < 1.29 is 4.79 Å². The van der Waals surface area contributed by atoms with Crippen molar-refractivity contribution in [3.63, 3.8) is 0 Å². The van der Waals surface area contributed by atoms with E-state index in [-0.39, 0.29) is 5.91 Å². The van der Waals surface area contributed by atoms with Crippen LogP contribution < -0.4 is 4.90 Å². The zero-order chi connectivity index (χ0) is 25.9. The lowest BCUT2D eigenvalue weighted by Gasteiger charge is -2.36. The van der Waals surface area contributed by atoms with E-state index in [2.05, 4.69) is 68.0 Å². The number of amides is 1. The Balaban J connectivity index is 1.22. The minimum atomic E-state index is -0.131. The van der Waals surface area contributed by atoms with E-state index in [4.69, 9.17) is 0 Å². The zero-order valence-corrected chi connectivity index (χ0v) is 22.9. The van der Waals surface area contributed by atoms with Crippen LogP contribution in [0.25, 0.3) is 28.1 Å². The summed E-state index contributed by atoms with van der Waals surface area (Å²) >= 11 is 1.51. The average Bonchev–Trinajstić information content (AvgIpc) is 3.33. The van der Waals surface area contributed by atoms with Gasteiger partial charge in [0, 0.05) is 56.5 Å². The van der Waals surface area contributed by atoms with Crippen molar-refractivity contribution in [2.24, 2.45) is 4.99 Å². The van der Waals surface area contributed by atoms with Crippen molar-refractivity contribution in [2.45, 2.75) is 32.6 Å². The molecule has 0 unspecified atom stereocenters. The van der Waals surface area contributed by atoms with Crippen LogP contribution in [0.3, 0.4) is 0 Å². The second-order valence-corrected chi connectivity index (χ2v) is 11.4. The molecule has 6 rings (SSSR count). The largest absolute Gasteiger partial charge is 0.369 e. The van der Waals surface area contributed by atoms with E-state index in [9.17, 15) is 4.79 Å². The molecule has 7 heteroatoms. The van der Waals surface area contributed by atoms with E-state index in [1.807, 2.05) is 24.4 Å². The van der Waals surface area contributed by atoms with Crippen molar-refractivity contribution in [3.05, 3.63) is 65.2 Å². The molecule has 0 spiro atoms. The summed E-state index contributed by atoms with van der Waals surface area (Å²) in [5.41, 5.74) is 5.58. The lowest BCUT2D eigenvalue weighted by atomic mass is 9.99. The number of likely N-dealkylation sites (tertiary alicyclic amines) is 1. The minimum absolute atomic E-state index is 0.131. The number of amidine groups is 1. The van der Waals surface area contributed by atoms with E-state index in [0.717, 1.165) is 66.5 Å². The first-order valence-electron chi connectivity index (χ1n) is 13.9. The summed E-state index contributed by atoms with van der Waals surface area (Å²) in [6.07, 6.45) is 8.68. The van der Waals surface area contributed by atoms with Crippen molar-refractivity contribution >= 4 is 45.5 Å². The number of rotatable bonds is 5. The Bertz CT molecular complexity index is 1370. The van der Waals surface area contributed by atoms with Gasteiger partial charge in [0.1, 0.15) is 0 Å². The first-order chi connectivity index (χ1) is 18.7. The number of thioether (sulfide) groups is 1. The van der Waals surface area contributed by atoms with E-state index in [0.29, 0.717) is 4.91 Å². The molecule has 0 saturated carbocycles. The first kappa shape index (κ1) is 25.1. The molecule has 0 atom stereocenters. The molecule has 0 N–H and O–H groups in total. The summed E-state index contributed by atoms with van der Waals surface area (Å²) in [6.45, 7) is 9.85. The van der Waals surface area contributed by atoms with Gasteiger partial charge in [-0.05, 0) is 97.1 Å². The second-order valence-electron chi connectivity index (χ2n) is 10.4. The summed E-state index contributed by atoms with van der Waals surface area (Å²) in [5.74, 6) is -0.131. The Kier molecular flexibility index (Phi) is 7.47. The highest BCUT2D eigenvalue weighted by atomic mass is 32.2. The summed E-state index contributed by atoms with van der Waals surface area (Å²) in [5, 5.41) is 1.95. The smallest absolute Gasteiger partial charge is 0.286 e. The SMILES string of the molecule is CCCN1CCN(c2ccc(-c3ccnc4ccc(C=C5SC(N6CCCCC6)=NC5=O)cc34)cc2)CC1. The van der Waals surface area contributed by atoms with Crippen molar-refractivity contribution in [2.75, 3.05) is 50.7 Å². The van der Waals surface area contributed by atoms with E-state index >= 15 is 0 Å². The summed E-state index contributed by atoms with van der Waals surface area (Å²) in [4.78, 5) is 29.6. The molecule has 38 heavy (non-hydrogen) atoms. The van der Waals surface area contributed by atoms with Crippen molar-refractivity contribution in [1.29, 1.82) is 0 Å². The van der Waals surface area contributed by atoms with Crippen LogP contribution in [0.2, 0.25) is 0 Å². The number of hydrogen-bond acceptors (Lipinski definition) is 6. The van der Waals surface area contributed by atoms with E-state index < -0.39 is 0 Å². The highest BCUT2D eigenvalue weighted by Crippen LogP contribution is 2.34. The highest BCUT2D eigenvalue weighted by Gasteiger charge is 2.27. The second kappa shape index (κ2) is 11.3. The molecule has 4 heterocycles. The van der Waals surface area contributed by atoms with Gasteiger partial charge in [0.25, 0.3) is 5.91 Å². The Morgan fingerprint density at radius 1 is 0.895 bits per heavy atom. The number of carbonyl (C=O) groups is 1. The van der Waals surface area contributed by atoms with E-state index in [1.165, 1.54) is 55.2 Å². The van der Waals surface area contributed by atoms with Gasteiger partial charge in [-0.2, -0.15) is 4.99 Å². The van der Waals surface area contributed by atoms with Gasteiger partial charge >= 0.3 is 0 Å². The molecule has 0 aliphatic carbocycles. The summed E-state index contributed by atoms with van der Waals surface area (Å²) in [6, 6.07) is 17.3. The molecular weight excluding hydrogens is 490 g/mol. The van der Waals surface area contributed by atoms with Crippen LogP contribution in [0.15, 0.2) is 64.6 Å². The molecule has 1 aromatic heterocycles. The predicted molar refractivity (Wildman–Crippen MR) is 160 cm³/mol. The molecule has 2 saturated heterocycles. The monoisotopic (exact) mass is 525 g/mol. The number of benzene rings is 2. The minimum Gasteiger partial charge on any atom is -0.369 e. The number of aromatic nitrogens is 1. The third-order valence-corrected chi connectivity index (χ3v) is 8.80. The molecule has 1 amide bonds. The molecular formula is C31H35N5OS. The first-order valence-corrected chi connectivity index (χ1v) is 14.7. The van der Waals surface area contributed by atoms with Gasteiger partial charge in [-0.15, -0.1) is 0 Å². The van der Waals surface area contributed by atoms with Crippen LogP contribution in [0, 0.1) is 0 Å². The van der Waals surface area contributed by atoms with Gasteiger partial charge in [-0.1, -0.05) is 25.1 Å². The van der Waals surface area contributed by atoms with Crippen molar-refractivity contribution in [1.82, 2.24) is 14.8 Å². The zero-order valence-electron chi connectivity index (χ0n) is 22.1. The third-order valence-electron chi connectivity index (χ3n) is 7.75. The maximum atomic E-state index is 12.7. The molecule has 6 nitrogen and oxygen atoms in total. The molecule has 196 valence electrons. The fourth-order valence-corrected chi connectivity index (χ4v) is 6.64. The van der Waals surface area contributed by atoms with Gasteiger partial charge < -0.3 is 9.80 Å². The number of anilines is 1. The standard InChI is InChI=1S/C31H35N5OS/c1-2-14-34-17-19-35(20-18-34)25-9-7-24(8-10-25)26-12-13-32-28-11-6-23(21-27(26)28)22-29-30(37)33-31(38-29)36-15-4-3-5-16-36/h6-13,21-22H,2-5,14-20H2,1H3. The van der Waals surface area contributed by atoms with Crippen LogP contribution in [-0.2, 0) is 4.79 Å². The lowest BCUT2D eigenvalue weighted by Crippen LogP contribution is -2.46. The predicted octanol–water partition coefficient (Wildman–Crippen LogP) is 5.89. The summed E-state index contributed by atoms with van der Waals surface area (Å²) < 4.78 is 0. The number of aliphatic imine (C=N–C) groups is 1. The van der Waals surface area contributed by atoms with E-state index in [1.54, 1.807) is 0 Å². The number of pyridine rings is 1. The van der Waals surface area contributed by atoms with Crippen LogP contribution in [0.4, 0.5) is 5.69 Å². The molecule has 3 aliphatic rings. The molecule has 0 radical (unpaired) electrons. The Hall–Kier alpha value is -3.16. The number of piperazine rings is 1. The molecule has 3 aromatic rings. The number of nitrogens with zero attached hydrogens (tertiary/aromatic N) is 5. The fraction of sp³-hybridized carbons (Fsp3) is 0.387. The maximum Gasteiger partial charge on any atom is 0.286 e. The van der Waals surface area contributed by atoms with Gasteiger partial charge in [0.05, 0.1) is 10.4 Å². The topological polar surface area (TPSA) is 52.0 Å². The van der Waals surface area contributed by atoms with Crippen molar-refractivity contribution in [3.8, 4) is 11.1 Å². The van der Waals surface area contributed by atoms with Crippen LogP contribution in [-0.4, -0.2) is 71.7 Å². The molecule has 3 aliphatic heterocycles. The van der Waals surface area contributed by atoms with Crippen LogP contribution in [0.5, 0.6) is 0 Å². The highest BCUT2D eigenvalue weighted by molar-refractivity contribution is 8.18. The molecule has 0 bridgehead atoms. The fourth-order valence-electron chi connectivity index (χ4n) is 5.67. The number of carbonyl (C=O) groups excluding carboxylic acids is 1. The van der Waals surface area contributed by atoms with Gasteiger partial charge in [0.2, 0.25) is 0 Å². The number of piperidine rings is 1. The number of hydrogen-bond donors (Lipinski definition) is 0. The summed E-state index contributed by atoms with van der Waals surface area (Å²) in [7, 11) is 0. The lowest BCUT2D eigenvalue weighted by molar-refractivity contribution is -0.113. The molecule has 2 fully saturated rings. The van der Waals surface area contributed by atoms with Gasteiger partial charge in [-0.3, -0.25) is 14.7 Å². The van der Waals surface area contributed by atoms with Gasteiger partial charge in [0.15, 0.2) is 5.17 Å². The van der Waals surface area contributed by atoms with Crippen LogP contribution >= 0.6 is 11.8 Å². The molecule has 2 aromatic carbocycles. The average molecular weight is 526 g/mol. The Morgan fingerprint density at radius 3 is 2.45 bits per heavy atom.